The van der Waals surface area contributed by atoms with Crippen LogP contribution in [-0.2, 0) is 0 Å². The summed E-state index contributed by atoms with van der Waals surface area (Å²) < 4.78 is 13.2. The summed E-state index contributed by atoms with van der Waals surface area (Å²) in [6.45, 7) is 9.95. The van der Waals surface area contributed by atoms with Crippen molar-refractivity contribution in [2.75, 3.05) is 26.2 Å². The van der Waals surface area contributed by atoms with Gasteiger partial charge in [-0.05, 0) is 36.6 Å². The maximum absolute atomic E-state index is 13.2. The molecule has 1 heterocycles. The molecule has 0 radical (unpaired) electrons. The lowest BCUT2D eigenvalue weighted by atomic mass is 9.96. The van der Waals surface area contributed by atoms with Gasteiger partial charge in [-0.1, -0.05) is 12.1 Å². The number of aryl methyl sites for hydroxylation is 1. The average molecular weight is 285 g/mol. The second-order valence-electron chi connectivity index (χ2n) is 4.83. The Morgan fingerprint density at radius 3 is 2.68 bits per heavy atom. The minimum atomic E-state index is -0.158. The Morgan fingerprint density at radius 2 is 2.11 bits per heavy atom. The standard InChI is InChI=1S/C15H21FN2.ClH/c1-3-4-15(18-9-7-17-8-10-18)14-6-5-13(16)11-12(14)2;/h3,5-6,11,15,17H,1,4,7-10H2,2H3;1H/t15-;/m1./s1. The van der Waals surface area contributed by atoms with Crippen LogP contribution in [0.2, 0.25) is 0 Å². The fraction of sp³-hybridized carbons (Fsp3) is 0.467. The van der Waals surface area contributed by atoms with Crippen molar-refractivity contribution in [3.63, 3.8) is 0 Å². The Bertz CT molecular complexity index is 417. The molecule has 2 rings (SSSR count). The third-order valence-corrected chi connectivity index (χ3v) is 3.57. The zero-order chi connectivity index (χ0) is 13.0. The maximum Gasteiger partial charge on any atom is 0.123 e. The minimum absolute atomic E-state index is 0. The lowest BCUT2D eigenvalue weighted by molar-refractivity contribution is 0.174. The third kappa shape index (κ3) is 4.03. The Hall–Kier alpha value is -0.900. The summed E-state index contributed by atoms with van der Waals surface area (Å²) in [5.41, 5.74) is 2.25. The largest absolute Gasteiger partial charge is 0.314 e. The zero-order valence-electron chi connectivity index (χ0n) is 11.4. The smallest absolute Gasteiger partial charge is 0.123 e. The molecule has 0 unspecified atom stereocenters. The van der Waals surface area contributed by atoms with Crippen molar-refractivity contribution in [1.29, 1.82) is 0 Å². The van der Waals surface area contributed by atoms with Gasteiger partial charge in [-0.3, -0.25) is 4.90 Å². The summed E-state index contributed by atoms with van der Waals surface area (Å²) in [6.07, 6.45) is 2.86. The number of halogens is 2. The second kappa shape index (κ2) is 7.63. The van der Waals surface area contributed by atoms with Gasteiger partial charge >= 0.3 is 0 Å². The van der Waals surface area contributed by atoms with E-state index in [1.54, 1.807) is 12.1 Å². The highest BCUT2D eigenvalue weighted by atomic mass is 35.5. The van der Waals surface area contributed by atoms with E-state index < -0.39 is 0 Å². The molecule has 0 aromatic heterocycles. The van der Waals surface area contributed by atoms with Crippen LogP contribution >= 0.6 is 12.4 Å². The van der Waals surface area contributed by atoms with Crippen LogP contribution in [0.25, 0.3) is 0 Å². The normalized spacial score (nSPS) is 17.6. The predicted molar refractivity (Wildman–Crippen MR) is 80.4 cm³/mol. The highest BCUT2D eigenvalue weighted by Crippen LogP contribution is 2.28. The van der Waals surface area contributed by atoms with Gasteiger partial charge in [0.1, 0.15) is 5.82 Å². The van der Waals surface area contributed by atoms with Crippen LogP contribution in [0.3, 0.4) is 0 Å². The molecule has 0 bridgehead atoms. The summed E-state index contributed by atoms with van der Waals surface area (Å²) in [5.74, 6) is -0.158. The summed E-state index contributed by atoms with van der Waals surface area (Å²) in [5, 5.41) is 3.36. The molecule has 1 saturated heterocycles. The minimum Gasteiger partial charge on any atom is -0.314 e. The number of piperazine rings is 1. The van der Waals surface area contributed by atoms with Crippen molar-refractivity contribution in [2.24, 2.45) is 0 Å². The van der Waals surface area contributed by atoms with E-state index in [4.69, 9.17) is 0 Å². The van der Waals surface area contributed by atoms with Gasteiger partial charge in [-0.15, -0.1) is 19.0 Å². The summed E-state index contributed by atoms with van der Waals surface area (Å²) in [4.78, 5) is 2.46. The molecule has 1 fully saturated rings. The SMILES string of the molecule is C=CC[C@H](c1ccc(F)cc1C)N1CCNCC1.Cl. The molecule has 0 spiro atoms. The van der Waals surface area contributed by atoms with Crippen molar-refractivity contribution in [1.82, 2.24) is 10.2 Å². The number of rotatable bonds is 4. The monoisotopic (exact) mass is 284 g/mol. The highest BCUT2D eigenvalue weighted by Gasteiger charge is 2.22. The van der Waals surface area contributed by atoms with Gasteiger partial charge in [0.15, 0.2) is 0 Å². The molecule has 0 aliphatic carbocycles. The Balaban J connectivity index is 0.00000180. The summed E-state index contributed by atoms with van der Waals surface area (Å²) in [6, 6.07) is 5.42. The van der Waals surface area contributed by atoms with Crippen molar-refractivity contribution in [3.8, 4) is 0 Å². The topological polar surface area (TPSA) is 15.3 Å². The van der Waals surface area contributed by atoms with E-state index in [2.05, 4.69) is 16.8 Å². The lowest BCUT2D eigenvalue weighted by Crippen LogP contribution is -2.45. The van der Waals surface area contributed by atoms with E-state index in [0.717, 1.165) is 38.2 Å². The average Bonchev–Trinajstić information content (AvgIpc) is 2.38. The first kappa shape index (κ1) is 16.2. The van der Waals surface area contributed by atoms with Crippen molar-refractivity contribution >= 4 is 12.4 Å². The van der Waals surface area contributed by atoms with Crippen LogP contribution in [0.5, 0.6) is 0 Å². The third-order valence-electron chi connectivity index (χ3n) is 3.57. The van der Waals surface area contributed by atoms with Gasteiger partial charge in [0.05, 0.1) is 0 Å². The summed E-state index contributed by atoms with van der Waals surface area (Å²) in [7, 11) is 0. The lowest BCUT2D eigenvalue weighted by Gasteiger charge is -2.35. The number of nitrogens with zero attached hydrogens (tertiary/aromatic N) is 1. The van der Waals surface area contributed by atoms with Gasteiger partial charge in [-0.2, -0.15) is 0 Å². The molecule has 0 amide bonds. The molecular weight excluding hydrogens is 263 g/mol. The van der Waals surface area contributed by atoms with E-state index in [1.807, 2.05) is 19.1 Å². The van der Waals surface area contributed by atoms with Crippen LogP contribution < -0.4 is 5.32 Å². The van der Waals surface area contributed by atoms with E-state index in [1.165, 1.54) is 5.56 Å². The molecule has 1 aromatic rings. The van der Waals surface area contributed by atoms with Crippen LogP contribution in [-0.4, -0.2) is 31.1 Å². The predicted octanol–water partition coefficient (Wildman–Crippen LogP) is 3.08. The molecule has 1 aliphatic heterocycles. The molecule has 106 valence electrons. The molecular formula is C15H22ClFN2. The number of nitrogens with one attached hydrogen (secondary N) is 1. The van der Waals surface area contributed by atoms with Gasteiger partial charge in [-0.25, -0.2) is 4.39 Å². The Morgan fingerprint density at radius 1 is 1.42 bits per heavy atom. The molecule has 1 aromatic carbocycles. The molecule has 19 heavy (non-hydrogen) atoms. The first-order chi connectivity index (χ1) is 8.72. The van der Waals surface area contributed by atoms with Crippen LogP contribution in [0.15, 0.2) is 30.9 Å². The zero-order valence-corrected chi connectivity index (χ0v) is 12.2. The van der Waals surface area contributed by atoms with Gasteiger partial charge in [0.2, 0.25) is 0 Å². The quantitative estimate of drug-likeness (QED) is 0.855. The van der Waals surface area contributed by atoms with Gasteiger partial charge in [0.25, 0.3) is 0 Å². The van der Waals surface area contributed by atoms with Crippen LogP contribution in [0.1, 0.15) is 23.6 Å². The van der Waals surface area contributed by atoms with Crippen molar-refractivity contribution in [2.45, 2.75) is 19.4 Å². The number of hydrogen-bond acceptors (Lipinski definition) is 2. The van der Waals surface area contributed by atoms with Crippen LogP contribution in [0, 0.1) is 12.7 Å². The number of benzene rings is 1. The van der Waals surface area contributed by atoms with Gasteiger partial charge in [0, 0.05) is 32.2 Å². The summed E-state index contributed by atoms with van der Waals surface area (Å²) >= 11 is 0. The Labute approximate surface area is 121 Å². The van der Waals surface area contributed by atoms with E-state index >= 15 is 0 Å². The maximum atomic E-state index is 13.2. The first-order valence-electron chi connectivity index (χ1n) is 6.54. The first-order valence-corrected chi connectivity index (χ1v) is 6.54. The number of hydrogen-bond donors (Lipinski definition) is 1. The Kier molecular flexibility index (Phi) is 6.49. The molecule has 1 aliphatic rings. The van der Waals surface area contributed by atoms with Crippen LogP contribution in [0.4, 0.5) is 4.39 Å². The second-order valence-corrected chi connectivity index (χ2v) is 4.83. The van der Waals surface area contributed by atoms with Crippen molar-refractivity contribution in [3.05, 3.63) is 47.8 Å². The van der Waals surface area contributed by atoms with Crippen molar-refractivity contribution < 1.29 is 4.39 Å². The molecule has 4 heteroatoms. The fourth-order valence-corrected chi connectivity index (χ4v) is 2.64. The molecule has 0 saturated carbocycles. The van der Waals surface area contributed by atoms with E-state index in [9.17, 15) is 4.39 Å². The molecule has 1 atom stereocenters. The molecule has 2 nitrogen and oxygen atoms in total. The highest BCUT2D eigenvalue weighted by molar-refractivity contribution is 5.85. The molecule has 1 N–H and O–H groups in total. The van der Waals surface area contributed by atoms with Gasteiger partial charge < -0.3 is 5.32 Å². The van der Waals surface area contributed by atoms with E-state index in [0.29, 0.717) is 6.04 Å². The fourth-order valence-electron chi connectivity index (χ4n) is 2.64. The van der Waals surface area contributed by atoms with E-state index in [-0.39, 0.29) is 18.2 Å².